The molecule has 4 aromatic rings. The van der Waals surface area contributed by atoms with Gasteiger partial charge in [-0.05, 0) is 24.3 Å². The summed E-state index contributed by atoms with van der Waals surface area (Å²) in [6.45, 7) is -0.426. The number of amides is 1. The van der Waals surface area contributed by atoms with Gasteiger partial charge in [0.05, 0.1) is 10.8 Å². The molecule has 4 rings (SSSR count). The van der Waals surface area contributed by atoms with Crippen molar-refractivity contribution in [3.63, 3.8) is 0 Å². The standard InChI is InChI=1S/C23H18ClN5O3S/c24-17-11-12-19(25-13-17)26-20(30)14-32-21(31)15-33-23-28-27-22(16-7-3-1-4-8-16)29(23)18-9-5-2-6-10-18/h1-13H,14-15H2,(H,25,26,30). The Balaban J connectivity index is 1.39. The SMILES string of the molecule is O=C(COC(=O)CSc1nnc(-c2ccccc2)n1-c1ccccc1)Nc1ccc(Cl)cn1. The molecule has 2 aromatic carbocycles. The van der Waals surface area contributed by atoms with Gasteiger partial charge in [-0.25, -0.2) is 4.98 Å². The van der Waals surface area contributed by atoms with Crippen molar-refractivity contribution in [2.75, 3.05) is 17.7 Å². The number of rotatable bonds is 8. The Hall–Kier alpha value is -3.69. The summed E-state index contributed by atoms with van der Waals surface area (Å²) < 4.78 is 6.96. The van der Waals surface area contributed by atoms with Crippen molar-refractivity contribution in [1.82, 2.24) is 19.7 Å². The van der Waals surface area contributed by atoms with E-state index in [9.17, 15) is 9.59 Å². The van der Waals surface area contributed by atoms with Crippen LogP contribution in [0.2, 0.25) is 5.02 Å². The normalized spacial score (nSPS) is 10.6. The number of carbonyl (C=O) groups excluding carboxylic acids is 2. The summed E-state index contributed by atoms with van der Waals surface area (Å²) in [6, 6.07) is 22.5. The molecule has 0 saturated carbocycles. The van der Waals surface area contributed by atoms with Crippen molar-refractivity contribution in [3.05, 3.63) is 84.0 Å². The molecule has 10 heteroatoms. The van der Waals surface area contributed by atoms with Crippen LogP contribution in [0.3, 0.4) is 0 Å². The molecule has 0 radical (unpaired) electrons. The minimum absolute atomic E-state index is 0.0355. The number of thioether (sulfide) groups is 1. The molecule has 2 aromatic heterocycles. The van der Waals surface area contributed by atoms with Gasteiger partial charge in [0.15, 0.2) is 17.6 Å². The van der Waals surface area contributed by atoms with Gasteiger partial charge in [-0.3, -0.25) is 14.2 Å². The second-order valence-electron chi connectivity index (χ2n) is 6.70. The monoisotopic (exact) mass is 479 g/mol. The first-order chi connectivity index (χ1) is 16.1. The first-order valence-electron chi connectivity index (χ1n) is 9.86. The number of nitrogens with one attached hydrogen (secondary N) is 1. The first kappa shape index (κ1) is 22.5. The van der Waals surface area contributed by atoms with Gasteiger partial charge in [0, 0.05) is 17.4 Å². The Morgan fingerprint density at radius 3 is 2.39 bits per heavy atom. The number of anilines is 1. The molecule has 2 heterocycles. The van der Waals surface area contributed by atoms with E-state index in [1.165, 1.54) is 18.0 Å². The fourth-order valence-corrected chi connectivity index (χ4v) is 3.75. The van der Waals surface area contributed by atoms with Gasteiger partial charge in [-0.2, -0.15) is 0 Å². The second-order valence-corrected chi connectivity index (χ2v) is 8.08. The van der Waals surface area contributed by atoms with Crippen LogP contribution in [0, 0.1) is 0 Å². The van der Waals surface area contributed by atoms with Gasteiger partial charge in [0.25, 0.3) is 5.91 Å². The zero-order valence-electron chi connectivity index (χ0n) is 17.2. The Morgan fingerprint density at radius 2 is 1.70 bits per heavy atom. The van der Waals surface area contributed by atoms with Gasteiger partial charge in [-0.1, -0.05) is 71.9 Å². The molecule has 166 valence electrons. The van der Waals surface area contributed by atoms with Crippen molar-refractivity contribution in [2.24, 2.45) is 0 Å². The van der Waals surface area contributed by atoms with Gasteiger partial charge in [0.1, 0.15) is 5.82 Å². The summed E-state index contributed by atoms with van der Waals surface area (Å²) in [7, 11) is 0. The third-order valence-corrected chi connectivity index (χ3v) is 5.48. The maximum Gasteiger partial charge on any atom is 0.316 e. The van der Waals surface area contributed by atoms with Crippen molar-refractivity contribution < 1.29 is 14.3 Å². The molecule has 0 aliphatic carbocycles. The van der Waals surface area contributed by atoms with Crippen molar-refractivity contribution in [2.45, 2.75) is 5.16 Å². The number of benzene rings is 2. The fraction of sp³-hybridized carbons (Fsp3) is 0.0870. The number of halogens is 1. The van der Waals surface area contributed by atoms with Crippen LogP contribution in [0.1, 0.15) is 0 Å². The maximum atomic E-state index is 12.2. The summed E-state index contributed by atoms with van der Waals surface area (Å²) in [4.78, 5) is 28.2. The third kappa shape index (κ3) is 5.97. The molecule has 0 spiro atoms. The largest absolute Gasteiger partial charge is 0.455 e. The van der Waals surface area contributed by atoms with E-state index in [0.29, 0.717) is 21.8 Å². The van der Waals surface area contributed by atoms with Gasteiger partial charge in [0.2, 0.25) is 0 Å². The highest BCUT2D eigenvalue weighted by atomic mass is 35.5. The highest BCUT2D eigenvalue weighted by molar-refractivity contribution is 7.99. The zero-order valence-corrected chi connectivity index (χ0v) is 18.8. The topological polar surface area (TPSA) is 99.0 Å². The quantitative estimate of drug-likeness (QED) is 0.298. The van der Waals surface area contributed by atoms with Crippen LogP contribution in [0.15, 0.2) is 84.1 Å². The molecule has 0 fully saturated rings. The van der Waals surface area contributed by atoms with E-state index < -0.39 is 18.5 Å². The number of aromatic nitrogens is 4. The van der Waals surface area contributed by atoms with Crippen LogP contribution in [0.5, 0.6) is 0 Å². The van der Waals surface area contributed by atoms with E-state index in [0.717, 1.165) is 11.3 Å². The molecule has 0 aliphatic heterocycles. The van der Waals surface area contributed by atoms with Crippen LogP contribution in [0.25, 0.3) is 17.1 Å². The Kier molecular flexibility index (Phi) is 7.33. The lowest BCUT2D eigenvalue weighted by atomic mass is 10.2. The maximum absolute atomic E-state index is 12.2. The van der Waals surface area contributed by atoms with Crippen LogP contribution >= 0.6 is 23.4 Å². The summed E-state index contributed by atoms with van der Waals surface area (Å²) in [5.41, 5.74) is 1.77. The summed E-state index contributed by atoms with van der Waals surface area (Å²) in [5, 5.41) is 12.1. The molecule has 0 bridgehead atoms. The number of para-hydroxylation sites is 1. The molecule has 33 heavy (non-hydrogen) atoms. The van der Waals surface area contributed by atoms with Crippen LogP contribution in [0.4, 0.5) is 5.82 Å². The highest BCUT2D eigenvalue weighted by Gasteiger charge is 2.18. The van der Waals surface area contributed by atoms with Crippen LogP contribution < -0.4 is 5.32 Å². The smallest absolute Gasteiger partial charge is 0.316 e. The number of esters is 1. The molecular weight excluding hydrogens is 462 g/mol. The van der Waals surface area contributed by atoms with E-state index in [1.807, 2.05) is 65.2 Å². The molecular formula is C23H18ClN5O3S. The minimum Gasteiger partial charge on any atom is -0.455 e. The lowest BCUT2D eigenvalue weighted by Crippen LogP contribution is -2.22. The van der Waals surface area contributed by atoms with Crippen LogP contribution in [-0.4, -0.2) is 44.0 Å². The molecule has 0 unspecified atom stereocenters. The van der Waals surface area contributed by atoms with E-state index in [2.05, 4.69) is 20.5 Å². The van der Waals surface area contributed by atoms with Gasteiger partial charge >= 0.3 is 5.97 Å². The minimum atomic E-state index is -0.553. The van der Waals surface area contributed by atoms with E-state index in [1.54, 1.807) is 12.1 Å². The molecule has 8 nitrogen and oxygen atoms in total. The third-order valence-electron chi connectivity index (χ3n) is 4.36. The van der Waals surface area contributed by atoms with Crippen molar-refractivity contribution in [1.29, 1.82) is 0 Å². The Morgan fingerprint density at radius 1 is 0.970 bits per heavy atom. The lowest BCUT2D eigenvalue weighted by molar-refractivity contribution is -0.144. The number of nitrogens with zero attached hydrogens (tertiary/aromatic N) is 4. The number of pyridine rings is 1. The Labute approximate surface area is 199 Å². The second kappa shape index (κ2) is 10.8. The number of ether oxygens (including phenoxy) is 1. The highest BCUT2D eigenvalue weighted by Crippen LogP contribution is 2.27. The molecule has 0 aliphatic rings. The van der Waals surface area contributed by atoms with E-state index >= 15 is 0 Å². The molecule has 1 N–H and O–H groups in total. The first-order valence-corrected chi connectivity index (χ1v) is 11.2. The van der Waals surface area contributed by atoms with Crippen molar-refractivity contribution >= 4 is 41.1 Å². The molecule has 1 amide bonds. The summed E-state index contributed by atoms with van der Waals surface area (Å²) in [6.07, 6.45) is 1.41. The zero-order chi connectivity index (χ0) is 23.0. The lowest BCUT2D eigenvalue weighted by Gasteiger charge is -2.10. The number of hydrogen-bond acceptors (Lipinski definition) is 7. The summed E-state index contributed by atoms with van der Waals surface area (Å²) >= 11 is 6.94. The van der Waals surface area contributed by atoms with Crippen molar-refractivity contribution in [3.8, 4) is 17.1 Å². The fourth-order valence-electron chi connectivity index (χ4n) is 2.89. The van der Waals surface area contributed by atoms with E-state index in [4.69, 9.17) is 16.3 Å². The Bertz CT molecular complexity index is 1230. The average Bonchev–Trinajstić information content (AvgIpc) is 3.28. The predicted octanol–water partition coefficient (Wildman–Crippen LogP) is 4.26. The van der Waals surface area contributed by atoms with Gasteiger partial charge in [-0.15, -0.1) is 10.2 Å². The average molecular weight is 480 g/mol. The summed E-state index contributed by atoms with van der Waals surface area (Å²) in [5.74, 6) is -0.108. The number of hydrogen-bond donors (Lipinski definition) is 1. The predicted molar refractivity (Wildman–Crippen MR) is 126 cm³/mol. The molecule has 0 atom stereocenters. The van der Waals surface area contributed by atoms with Gasteiger partial charge < -0.3 is 10.1 Å². The van der Waals surface area contributed by atoms with E-state index in [-0.39, 0.29) is 5.75 Å². The molecule has 0 saturated heterocycles. The number of carbonyl (C=O) groups is 2. The van der Waals surface area contributed by atoms with Crippen LogP contribution in [-0.2, 0) is 14.3 Å².